The molecule has 4 rings (SSSR count). The molecule has 1 aromatic rings. The molecule has 1 aliphatic heterocycles. The van der Waals surface area contributed by atoms with Crippen LogP contribution in [-0.4, -0.2) is 24.6 Å². The molecule has 0 spiro atoms. The molecule has 4 heteroatoms. The van der Waals surface area contributed by atoms with E-state index in [1.54, 1.807) is 6.08 Å². The fraction of sp³-hybridized carbons (Fsp3) is 0.417. The summed E-state index contributed by atoms with van der Waals surface area (Å²) >= 11 is 0. The van der Waals surface area contributed by atoms with Crippen molar-refractivity contribution in [3.8, 4) is 0 Å². The van der Waals surface area contributed by atoms with Gasteiger partial charge in [0.1, 0.15) is 12.7 Å². The molecule has 1 saturated carbocycles. The van der Waals surface area contributed by atoms with E-state index in [0.717, 1.165) is 31.2 Å². The Morgan fingerprint density at radius 1 is 1.36 bits per heavy atom. The number of carbonyl (C=O) groups excluding carboxylic acids is 2. The average Bonchev–Trinajstić information content (AvgIpc) is 2.96. The molecule has 3 aliphatic rings. The number of hydrogen-bond acceptors (Lipinski definition) is 4. The van der Waals surface area contributed by atoms with Crippen molar-refractivity contribution in [2.75, 3.05) is 6.61 Å². The molecule has 1 aromatic carbocycles. The molecule has 0 N–H and O–H groups in total. The summed E-state index contributed by atoms with van der Waals surface area (Å²) in [6.07, 6.45) is 9.13. The summed E-state index contributed by atoms with van der Waals surface area (Å²) < 4.78 is 11.1. The average molecular weight is 378 g/mol. The van der Waals surface area contributed by atoms with Crippen molar-refractivity contribution >= 4 is 18.0 Å². The smallest absolute Gasteiger partial charge is 0.334 e. The van der Waals surface area contributed by atoms with Gasteiger partial charge in [-0.25, -0.2) is 9.59 Å². The van der Waals surface area contributed by atoms with Crippen LogP contribution < -0.4 is 0 Å². The second kappa shape index (κ2) is 7.42. The molecule has 0 amide bonds. The predicted molar refractivity (Wildman–Crippen MR) is 107 cm³/mol. The van der Waals surface area contributed by atoms with E-state index >= 15 is 0 Å². The van der Waals surface area contributed by atoms with E-state index in [-0.39, 0.29) is 29.4 Å². The maximum atomic E-state index is 12.2. The summed E-state index contributed by atoms with van der Waals surface area (Å²) in [5.41, 5.74) is 2.80. The van der Waals surface area contributed by atoms with Crippen LogP contribution in [0.1, 0.15) is 38.2 Å². The van der Waals surface area contributed by atoms with E-state index in [1.807, 2.05) is 30.3 Å². The van der Waals surface area contributed by atoms with E-state index in [0.29, 0.717) is 18.1 Å². The summed E-state index contributed by atoms with van der Waals surface area (Å²) in [5, 5.41) is 0. The molecule has 0 radical (unpaired) electrons. The molecule has 1 saturated heterocycles. The van der Waals surface area contributed by atoms with Crippen molar-refractivity contribution in [2.45, 2.75) is 38.7 Å². The van der Waals surface area contributed by atoms with Crippen LogP contribution in [-0.2, 0) is 19.1 Å². The SMILES string of the molecule is C=C1C(=O)O[C@@H]2C[C@@]3(C)CCC=C(COC(=O)/C=C\c4ccccc4)[C@@H]3C[C@H]12. The summed E-state index contributed by atoms with van der Waals surface area (Å²) in [6, 6.07) is 9.68. The Morgan fingerprint density at radius 2 is 2.14 bits per heavy atom. The molecule has 2 aliphatic carbocycles. The molecule has 0 unspecified atom stereocenters. The van der Waals surface area contributed by atoms with Gasteiger partial charge in [-0.3, -0.25) is 0 Å². The molecule has 0 aromatic heterocycles. The normalized spacial score (nSPS) is 31.8. The third kappa shape index (κ3) is 3.56. The molecule has 28 heavy (non-hydrogen) atoms. The lowest BCUT2D eigenvalue weighted by Gasteiger charge is -2.48. The number of fused-ring (bicyclic) bond motifs is 2. The maximum absolute atomic E-state index is 12.2. The topological polar surface area (TPSA) is 52.6 Å². The minimum Gasteiger partial charge on any atom is -0.458 e. The highest BCUT2D eigenvalue weighted by molar-refractivity contribution is 5.91. The zero-order chi connectivity index (χ0) is 19.7. The van der Waals surface area contributed by atoms with Gasteiger partial charge in [-0.15, -0.1) is 0 Å². The molecule has 146 valence electrons. The van der Waals surface area contributed by atoms with Gasteiger partial charge >= 0.3 is 11.9 Å². The molecular formula is C24H26O4. The molecule has 2 fully saturated rings. The standard InChI is InChI=1S/C24H26O4/c1-16-19-13-20-18(9-6-12-24(20,2)14-21(19)28-23(16)26)15-27-22(25)11-10-17-7-4-3-5-8-17/h3-5,7-11,19-21H,1,6,12-15H2,2H3/b11-10-/t19-,20+,21-,24-/m1/s1. The third-order valence-corrected chi connectivity index (χ3v) is 6.58. The summed E-state index contributed by atoms with van der Waals surface area (Å²) in [6.45, 7) is 6.52. The van der Waals surface area contributed by atoms with Gasteiger partial charge < -0.3 is 9.47 Å². The second-order valence-corrected chi connectivity index (χ2v) is 8.39. The van der Waals surface area contributed by atoms with Crippen LogP contribution in [0.25, 0.3) is 6.08 Å². The summed E-state index contributed by atoms with van der Waals surface area (Å²) in [7, 11) is 0. The van der Waals surface area contributed by atoms with Crippen LogP contribution in [0.4, 0.5) is 0 Å². The quantitative estimate of drug-likeness (QED) is 0.440. The zero-order valence-electron chi connectivity index (χ0n) is 16.2. The lowest BCUT2D eigenvalue weighted by Crippen LogP contribution is -2.43. The van der Waals surface area contributed by atoms with Crippen LogP contribution >= 0.6 is 0 Å². The number of carbonyl (C=O) groups is 2. The van der Waals surface area contributed by atoms with Crippen molar-refractivity contribution < 1.29 is 19.1 Å². The monoisotopic (exact) mass is 378 g/mol. The van der Waals surface area contributed by atoms with Gasteiger partial charge in [0.05, 0.1) is 0 Å². The Bertz CT molecular complexity index is 851. The Kier molecular flexibility index (Phi) is 4.96. The number of esters is 2. The summed E-state index contributed by atoms with van der Waals surface area (Å²) in [4.78, 5) is 24.1. The number of ether oxygens (including phenoxy) is 2. The Balaban J connectivity index is 1.41. The van der Waals surface area contributed by atoms with Gasteiger partial charge in [-0.05, 0) is 54.2 Å². The van der Waals surface area contributed by atoms with E-state index < -0.39 is 0 Å². The molecule has 4 nitrogen and oxygen atoms in total. The third-order valence-electron chi connectivity index (χ3n) is 6.58. The van der Waals surface area contributed by atoms with E-state index in [9.17, 15) is 9.59 Å². The molecular weight excluding hydrogens is 352 g/mol. The van der Waals surface area contributed by atoms with Gasteiger partial charge in [0.2, 0.25) is 0 Å². The van der Waals surface area contributed by atoms with Crippen molar-refractivity contribution in [1.29, 1.82) is 0 Å². The number of rotatable bonds is 4. The first kappa shape index (κ1) is 18.7. The van der Waals surface area contributed by atoms with E-state index in [2.05, 4.69) is 19.6 Å². The van der Waals surface area contributed by atoms with Gasteiger partial charge in [0, 0.05) is 17.6 Å². The first-order valence-corrected chi connectivity index (χ1v) is 9.95. The van der Waals surface area contributed by atoms with E-state index in [1.165, 1.54) is 11.6 Å². The van der Waals surface area contributed by atoms with Crippen molar-refractivity contribution in [2.24, 2.45) is 17.3 Å². The van der Waals surface area contributed by atoms with E-state index in [4.69, 9.17) is 9.47 Å². The van der Waals surface area contributed by atoms with Gasteiger partial charge in [0.15, 0.2) is 0 Å². The minimum atomic E-state index is -0.338. The van der Waals surface area contributed by atoms with Crippen molar-refractivity contribution in [1.82, 2.24) is 0 Å². The number of allylic oxidation sites excluding steroid dienone is 1. The van der Waals surface area contributed by atoms with Gasteiger partial charge in [-0.2, -0.15) is 0 Å². The van der Waals surface area contributed by atoms with Gasteiger partial charge in [0.25, 0.3) is 0 Å². The molecule has 1 heterocycles. The largest absolute Gasteiger partial charge is 0.458 e. The lowest BCUT2D eigenvalue weighted by molar-refractivity contribution is -0.143. The summed E-state index contributed by atoms with van der Waals surface area (Å²) in [5.74, 6) is -0.213. The fourth-order valence-electron chi connectivity index (χ4n) is 4.98. The van der Waals surface area contributed by atoms with Crippen LogP contribution in [0, 0.1) is 17.3 Å². The van der Waals surface area contributed by atoms with Crippen molar-refractivity contribution in [3.63, 3.8) is 0 Å². The highest BCUT2D eigenvalue weighted by atomic mass is 16.6. The number of hydrogen-bond donors (Lipinski definition) is 0. The fourth-order valence-corrected chi connectivity index (χ4v) is 4.98. The van der Waals surface area contributed by atoms with Crippen molar-refractivity contribution in [3.05, 3.63) is 65.8 Å². The predicted octanol–water partition coefficient (Wildman–Crippen LogP) is 4.48. The second-order valence-electron chi connectivity index (χ2n) is 8.39. The minimum absolute atomic E-state index is 0.0445. The highest BCUT2D eigenvalue weighted by Gasteiger charge is 2.52. The first-order chi connectivity index (χ1) is 13.5. The lowest BCUT2D eigenvalue weighted by atomic mass is 9.57. The van der Waals surface area contributed by atoms with Gasteiger partial charge in [-0.1, -0.05) is 49.9 Å². The Hall–Kier alpha value is -2.62. The number of benzene rings is 1. The Labute approximate surface area is 165 Å². The van der Waals surface area contributed by atoms with Crippen LogP contribution in [0.2, 0.25) is 0 Å². The van der Waals surface area contributed by atoms with Crippen LogP contribution in [0.15, 0.2) is 60.2 Å². The zero-order valence-corrected chi connectivity index (χ0v) is 16.2. The van der Waals surface area contributed by atoms with Crippen LogP contribution in [0.5, 0.6) is 0 Å². The maximum Gasteiger partial charge on any atom is 0.334 e. The first-order valence-electron chi connectivity index (χ1n) is 9.95. The molecule has 0 bridgehead atoms. The Morgan fingerprint density at radius 3 is 2.93 bits per heavy atom. The molecule has 4 atom stereocenters. The van der Waals surface area contributed by atoms with Crippen LogP contribution in [0.3, 0.4) is 0 Å². The highest BCUT2D eigenvalue weighted by Crippen LogP contribution is 2.55.